The summed E-state index contributed by atoms with van der Waals surface area (Å²) in [5.74, 6) is 3.14. The summed E-state index contributed by atoms with van der Waals surface area (Å²) in [5, 5.41) is 7.94. The molecule has 0 fully saturated rings. The zero-order valence-electron chi connectivity index (χ0n) is 12.2. The van der Waals surface area contributed by atoms with Crippen molar-refractivity contribution >= 4 is 0 Å². The third kappa shape index (κ3) is 2.50. The van der Waals surface area contributed by atoms with E-state index in [1.165, 1.54) is 0 Å². The standard InChI is InChI=1S/C17H12N2O4/c1-20-12-6-4-11(5-7-12)13-8-9-15(22-13)17-19-18-16(23-17)14-3-2-10-21-14/h2-10H,1H3. The quantitative estimate of drug-likeness (QED) is 0.560. The van der Waals surface area contributed by atoms with Crippen LogP contribution in [0.25, 0.3) is 34.6 Å². The van der Waals surface area contributed by atoms with Crippen LogP contribution < -0.4 is 4.74 Å². The second-order valence-electron chi connectivity index (χ2n) is 4.78. The number of benzene rings is 1. The summed E-state index contributed by atoms with van der Waals surface area (Å²) in [7, 11) is 1.63. The Morgan fingerprint density at radius 1 is 0.783 bits per heavy atom. The van der Waals surface area contributed by atoms with Gasteiger partial charge in [-0.1, -0.05) is 0 Å². The molecule has 0 spiro atoms. The van der Waals surface area contributed by atoms with Gasteiger partial charge >= 0.3 is 0 Å². The zero-order valence-corrected chi connectivity index (χ0v) is 12.2. The molecule has 0 aliphatic heterocycles. The molecule has 0 atom stereocenters. The molecule has 0 amide bonds. The van der Waals surface area contributed by atoms with Crippen LogP contribution in [0.3, 0.4) is 0 Å². The van der Waals surface area contributed by atoms with E-state index in [-0.39, 0.29) is 0 Å². The number of furan rings is 2. The van der Waals surface area contributed by atoms with Gasteiger partial charge in [0.25, 0.3) is 11.8 Å². The molecule has 114 valence electrons. The maximum absolute atomic E-state index is 5.79. The van der Waals surface area contributed by atoms with E-state index in [1.54, 1.807) is 31.6 Å². The highest BCUT2D eigenvalue weighted by Gasteiger charge is 2.16. The fraction of sp³-hybridized carbons (Fsp3) is 0.0588. The lowest BCUT2D eigenvalue weighted by Crippen LogP contribution is -1.81. The van der Waals surface area contributed by atoms with Crippen molar-refractivity contribution < 1.29 is 18.0 Å². The van der Waals surface area contributed by atoms with E-state index in [0.29, 0.717) is 29.1 Å². The smallest absolute Gasteiger partial charge is 0.284 e. The topological polar surface area (TPSA) is 74.4 Å². The van der Waals surface area contributed by atoms with E-state index < -0.39 is 0 Å². The summed E-state index contributed by atoms with van der Waals surface area (Å²) in [6.45, 7) is 0. The number of rotatable bonds is 4. The van der Waals surface area contributed by atoms with E-state index in [0.717, 1.165) is 11.3 Å². The van der Waals surface area contributed by atoms with Gasteiger partial charge in [-0.3, -0.25) is 0 Å². The molecule has 6 nitrogen and oxygen atoms in total. The second kappa shape index (κ2) is 5.49. The van der Waals surface area contributed by atoms with Crippen LogP contribution in [0.2, 0.25) is 0 Å². The molecular formula is C17H12N2O4. The average molecular weight is 308 g/mol. The highest BCUT2D eigenvalue weighted by Crippen LogP contribution is 2.30. The molecule has 0 aliphatic rings. The van der Waals surface area contributed by atoms with Crippen LogP contribution in [0.5, 0.6) is 5.75 Å². The summed E-state index contributed by atoms with van der Waals surface area (Å²) in [6, 6.07) is 14.7. The molecule has 0 saturated heterocycles. The summed E-state index contributed by atoms with van der Waals surface area (Å²) < 4.78 is 21.7. The van der Waals surface area contributed by atoms with Gasteiger partial charge in [-0.2, -0.15) is 0 Å². The van der Waals surface area contributed by atoms with E-state index >= 15 is 0 Å². The monoisotopic (exact) mass is 308 g/mol. The molecule has 0 unspecified atom stereocenters. The van der Waals surface area contributed by atoms with Gasteiger partial charge in [0, 0.05) is 5.56 Å². The Bertz CT molecular complexity index is 904. The molecule has 23 heavy (non-hydrogen) atoms. The van der Waals surface area contributed by atoms with Gasteiger partial charge in [-0.05, 0) is 48.5 Å². The Morgan fingerprint density at radius 3 is 2.22 bits per heavy atom. The van der Waals surface area contributed by atoms with Crippen molar-refractivity contribution in [3.8, 4) is 40.4 Å². The highest BCUT2D eigenvalue weighted by molar-refractivity contribution is 5.62. The van der Waals surface area contributed by atoms with E-state index in [9.17, 15) is 0 Å². The molecule has 0 aliphatic carbocycles. The van der Waals surface area contributed by atoms with Gasteiger partial charge in [0.2, 0.25) is 0 Å². The second-order valence-corrected chi connectivity index (χ2v) is 4.78. The molecule has 6 heteroatoms. The van der Waals surface area contributed by atoms with E-state index in [1.807, 2.05) is 30.3 Å². The Kier molecular flexibility index (Phi) is 3.20. The first-order chi connectivity index (χ1) is 11.3. The number of aromatic nitrogens is 2. The fourth-order valence-corrected chi connectivity index (χ4v) is 2.19. The molecular weight excluding hydrogens is 296 g/mol. The SMILES string of the molecule is COc1ccc(-c2ccc(-c3nnc(-c4ccco4)o3)o2)cc1. The number of hydrogen-bond donors (Lipinski definition) is 0. The number of ether oxygens (including phenoxy) is 1. The Labute approximate surface area is 131 Å². The van der Waals surface area contributed by atoms with Crippen LogP contribution >= 0.6 is 0 Å². The van der Waals surface area contributed by atoms with Crippen LogP contribution in [-0.2, 0) is 0 Å². The van der Waals surface area contributed by atoms with Crippen LogP contribution in [0, 0.1) is 0 Å². The Hall–Kier alpha value is -3.28. The lowest BCUT2D eigenvalue weighted by Gasteiger charge is -2.00. The number of hydrogen-bond acceptors (Lipinski definition) is 6. The number of methoxy groups -OCH3 is 1. The molecule has 1 aromatic carbocycles. The minimum Gasteiger partial charge on any atom is -0.497 e. The molecule has 0 saturated carbocycles. The first-order valence-corrected chi connectivity index (χ1v) is 6.95. The van der Waals surface area contributed by atoms with Crippen molar-refractivity contribution in [1.82, 2.24) is 10.2 Å². The summed E-state index contributed by atoms with van der Waals surface area (Å²) in [6.07, 6.45) is 1.55. The normalized spacial score (nSPS) is 10.8. The third-order valence-electron chi connectivity index (χ3n) is 3.35. The lowest BCUT2D eigenvalue weighted by atomic mass is 10.2. The molecule has 0 radical (unpaired) electrons. The largest absolute Gasteiger partial charge is 0.497 e. The summed E-state index contributed by atoms with van der Waals surface area (Å²) in [5.41, 5.74) is 0.933. The van der Waals surface area contributed by atoms with Crippen molar-refractivity contribution in [2.24, 2.45) is 0 Å². The predicted octanol–water partition coefficient (Wildman–Crippen LogP) is 4.27. The van der Waals surface area contributed by atoms with E-state index in [2.05, 4.69) is 10.2 Å². The first kappa shape index (κ1) is 13.4. The average Bonchev–Trinajstić information content (AvgIpc) is 3.34. The predicted molar refractivity (Wildman–Crippen MR) is 81.7 cm³/mol. The molecule has 3 heterocycles. The minimum atomic E-state index is 0.302. The highest BCUT2D eigenvalue weighted by atomic mass is 16.5. The molecule has 0 N–H and O–H groups in total. The van der Waals surface area contributed by atoms with Crippen LogP contribution in [0.4, 0.5) is 0 Å². The molecule has 0 bridgehead atoms. The Morgan fingerprint density at radius 2 is 1.52 bits per heavy atom. The Balaban J connectivity index is 1.62. The number of nitrogens with zero attached hydrogens (tertiary/aromatic N) is 2. The van der Waals surface area contributed by atoms with Gasteiger partial charge < -0.3 is 18.0 Å². The van der Waals surface area contributed by atoms with Crippen molar-refractivity contribution in [1.29, 1.82) is 0 Å². The van der Waals surface area contributed by atoms with Crippen molar-refractivity contribution in [2.75, 3.05) is 7.11 Å². The maximum atomic E-state index is 5.79. The van der Waals surface area contributed by atoms with Crippen LogP contribution in [0.1, 0.15) is 0 Å². The third-order valence-corrected chi connectivity index (χ3v) is 3.35. The lowest BCUT2D eigenvalue weighted by molar-refractivity contribution is 0.415. The summed E-state index contributed by atoms with van der Waals surface area (Å²) >= 11 is 0. The van der Waals surface area contributed by atoms with Crippen molar-refractivity contribution in [2.45, 2.75) is 0 Å². The van der Waals surface area contributed by atoms with Gasteiger partial charge in [0.1, 0.15) is 11.5 Å². The van der Waals surface area contributed by atoms with Crippen molar-refractivity contribution in [3.63, 3.8) is 0 Å². The molecule has 4 aromatic rings. The van der Waals surface area contributed by atoms with Gasteiger partial charge in [0.05, 0.1) is 13.4 Å². The zero-order chi connectivity index (χ0) is 15.6. The molecule has 4 rings (SSSR count). The van der Waals surface area contributed by atoms with Gasteiger partial charge in [0.15, 0.2) is 11.5 Å². The van der Waals surface area contributed by atoms with E-state index in [4.69, 9.17) is 18.0 Å². The maximum Gasteiger partial charge on any atom is 0.284 e. The molecule has 3 aromatic heterocycles. The minimum absolute atomic E-state index is 0.302. The summed E-state index contributed by atoms with van der Waals surface area (Å²) in [4.78, 5) is 0. The fourth-order valence-electron chi connectivity index (χ4n) is 2.19. The van der Waals surface area contributed by atoms with Crippen LogP contribution in [0.15, 0.2) is 68.0 Å². The van der Waals surface area contributed by atoms with Crippen LogP contribution in [-0.4, -0.2) is 17.3 Å². The first-order valence-electron chi connectivity index (χ1n) is 6.95. The van der Waals surface area contributed by atoms with Gasteiger partial charge in [-0.25, -0.2) is 0 Å². The van der Waals surface area contributed by atoms with Crippen molar-refractivity contribution in [3.05, 3.63) is 54.8 Å². The van der Waals surface area contributed by atoms with Gasteiger partial charge in [-0.15, -0.1) is 10.2 Å².